The maximum absolute atomic E-state index is 12.5. The van der Waals surface area contributed by atoms with Crippen LogP contribution in [0.1, 0.15) is 18.6 Å². The van der Waals surface area contributed by atoms with Gasteiger partial charge in [-0.25, -0.2) is 0 Å². The summed E-state index contributed by atoms with van der Waals surface area (Å²) < 4.78 is 10.3. The van der Waals surface area contributed by atoms with Crippen molar-refractivity contribution in [1.82, 2.24) is 15.4 Å². The van der Waals surface area contributed by atoms with Gasteiger partial charge in [0.1, 0.15) is 11.5 Å². The van der Waals surface area contributed by atoms with E-state index in [1.54, 1.807) is 19.3 Å². The average Bonchev–Trinajstić information content (AvgIpc) is 3.34. The number of carbonyl (C=O) groups is 1. The Morgan fingerprint density at radius 1 is 1.31 bits per heavy atom. The molecule has 3 aromatic rings. The maximum atomic E-state index is 12.5. The fraction of sp³-hybridized carbons (Fsp3) is 0.333. The molecule has 1 N–H and O–H groups in total. The van der Waals surface area contributed by atoms with Gasteiger partial charge in [-0.05, 0) is 44.0 Å². The Labute approximate surface area is 150 Å². The summed E-state index contributed by atoms with van der Waals surface area (Å²) in [5.74, 6) is 2.37. The first-order valence-corrected chi connectivity index (χ1v) is 8.56. The van der Waals surface area contributed by atoms with Crippen LogP contribution in [0, 0.1) is 12.8 Å². The van der Waals surface area contributed by atoms with E-state index in [-0.39, 0.29) is 11.8 Å². The molecule has 1 aliphatic heterocycles. The van der Waals surface area contributed by atoms with Crippen molar-refractivity contribution >= 4 is 17.5 Å². The summed E-state index contributed by atoms with van der Waals surface area (Å²) in [6.07, 6.45) is 3.35. The Morgan fingerprint density at radius 3 is 2.92 bits per heavy atom. The van der Waals surface area contributed by atoms with Gasteiger partial charge in [-0.1, -0.05) is 5.16 Å². The summed E-state index contributed by atoms with van der Waals surface area (Å²) in [5.41, 5.74) is 0.687. The lowest BCUT2D eigenvalue weighted by Crippen LogP contribution is -2.41. The van der Waals surface area contributed by atoms with Gasteiger partial charge in [0.15, 0.2) is 17.4 Å². The number of amides is 1. The zero-order valence-electron chi connectivity index (χ0n) is 14.4. The molecule has 0 saturated carbocycles. The van der Waals surface area contributed by atoms with Crippen LogP contribution in [-0.2, 0) is 4.79 Å². The van der Waals surface area contributed by atoms with Crippen LogP contribution in [0.15, 0.2) is 45.5 Å². The minimum absolute atomic E-state index is 0.0526. The maximum Gasteiger partial charge on any atom is 0.230 e. The number of anilines is 2. The van der Waals surface area contributed by atoms with E-state index in [0.717, 1.165) is 25.2 Å². The molecule has 134 valence electrons. The molecule has 8 heteroatoms. The highest BCUT2D eigenvalue weighted by Crippen LogP contribution is 2.24. The SMILES string of the molecule is Cc1cc(NC(=O)C2CCCN(c3ccc(-c4ccco4)nn3)C2)no1. The van der Waals surface area contributed by atoms with Crippen molar-refractivity contribution in [3.8, 4) is 11.5 Å². The molecule has 1 aliphatic rings. The second-order valence-electron chi connectivity index (χ2n) is 6.35. The minimum Gasteiger partial charge on any atom is -0.463 e. The third-order valence-electron chi connectivity index (χ3n) is 4.42. The quantitative estimate of drug-likeness (QED) is 0.770. The van der Waals surface area contributed by atoms with E-state index < -0.39 is 0 Å². The Kier molecular flexibility index (Phi) is 4.39. The Morgan fingerprint density at radius 2 is 2.23 bits per heavy atom. The molecule has 4 heterocycles. The highest BCUT2D eigenvalue weighted by molar-refractivity contribution is 5.92. The number of hydrogen-bond acceptors (Lipinski definition) is 7. The Balaban J connectivity index is 1.42. The van der Waals surface area contributed by atoms with Gasteiger partial charge in [-0.15, -0.1) is 10.2 Å². The van der Waals surface area contributed by atoms with Crippen LogP contribution in [0.5, 0.6) is 0 Å². The number of aromatic nitrogens is 3. The monoisotopic (exact) mass is 353 g/mol. The van der Waals surface area contributed by atoms with Crippen LogP contribution in [0.2, 0.25) is 0 Å². The van der Waals surface area contributed by atoms with Gasteiger partial charge < -0.3 is 19.2 Å². The van der Waals surface area contributed by atoms with Crippen LogP contribution in [-0.4, -0.2) is 34.4 Å². The highest BCUT2D eigenvalue weighted by atomic mass is 16.5. The topological polar surface area (TPSA) is 97.3 Å². The van der Waals surface area contributed by atoms with Crippen LogP contribution < -0.4 is 10.2 Å². The fourth-order valence-corrected chi connectivity index (χ4v) is 3.10. The summed E-state index contributed by atoms with van der Waals surface area (Å²) in [6, 6.07) is 9.15. The number of nitrogens with zero attached hydrogens (tertiary/aromatic N) is 4. The summed E-state index contributed by atoms with van der Waals surface area (Å²) >= 11 is 0. The van der Waals surface area contributed by atoms with Gasteiger partial charge in [-0.3, -0.25) is 4.79 Å². The third-order valence-corrected chi connectivity index (χ3v) is 4.42. The molecule has 3 aromatic heterocycles. The molecule has 26 heavy (non-hydrogen) atoms. The highest BCUT2D eigenvalue weighted by Gasteiger charge is 2.27. The first kappa shape index (κ1) is 16.3. The van der Waals surface area contributed by atoms with Crippen molar-refractivity contribution in [1.29, 1.82) is 0 Å². The van der Waals surface area contributed by atoms with Gasteiger partial charge in [0, 0.05) is 19.2 Å². The molecule has 8 nitrogen and oxygen atoms in total. The van der Waals surface area contributed by atoms with Crippen LogP contribution in [0.25, 0.3) is 11.5 Å². The van der Waals surface area contributed by atoms with Gasteiger partial charge in [0.05, 0.1) is 12.2 Å². The van der Waals surface area contributed by atoms with E-state index >= 15 is 0 Å². The molecule has 1 atom stereocenters. The van der Waals surface area contributed by atoms with Gasteiger partial charge >= 0.3 is 0 Å². The van der Waals surface area contributed by atoms with Crippen LogP contribution >= 0.6 is 0 Å². The Hall–Kier alpha value is -3.16. The normalized spacial score (nSPS) is 17.3. The first-order chi connectivity index (χ1) is 12.7. The molecular formula is C18H19N5O3. The van der Waals surface area contributed by atoms with E-state index in [1.807, 2.05) is 24.3 Å². The van der Waals surface area contributed by atoms with E-state index in [9.17, 15) is 4.79 Å². The van der Waals surface area contributed by atoms with Crippen molar-refractivity contribution < 1.29 is 13.7 Å². The third kappa shape index (κ3) is 3.44. The van der Waals surface area contributed by atoms with Crippen molar-refractivity contribution in [2.75, 3.05) is 23.3 Å². The lowest BCUT2D eigenvalue weighted by molar-refractivity contribution is -0.120. The number of furan rings is 1. The number of hydrogen-bond donors (Lipinski definition) is 1. The zero-order valence-corrected chi connectivity index (χ0v) is 14.4. The molecule has 1 unspecified atom stereocenters. The second kappa shape index (κ2) is 6.99. The number of nitrogens with one attached hydrogen (secondary N) is 1. The number of rotatable bonds is 4. The zero-order chi connectivity index (χ0) is 17.9. The second-order valence-corrected chi connectivity index (χ2v) is 6.35. The van der Waals surface area contributed by atoms with Crippen molar-refractivity contribution in [2.24, 2.45) is 5.92 Å². The minimum atomic E-state index is -0.132. The fourth-order valence-electron chi connectivity index (χ4n) is 3.10. The van der Waals surface area contributed by atoms with E-state index in [0.29, 0.717) is 29.6 Å². The van der Waals surface area contributed by atoms with Gasteiger partial charge in [0.25, 0.3) is 0 Å². The summed E-state index contributed by atoms with van der Waals surface area (Å²) in [4.78, 5) is 14.6. The predicted octanol–water partition coefficient (Wildman–Crippen LogP) is 2.89. The summed E-state index contributed by atoms with van der Waals surface area (Å²) in [5, 5.41) is 15.1. The molecule has 1 fully saturated rings. The molecule has 0 aromatic carbocycles. The van der Waals surface area contributed by atoms with Crippen molar-refractivity contribution in [2.45, 2.75) is 19.8 Å². The number of aryl methyl sites for hydroxylation is 1. The molecular weight excluding hydrogens is 334 g/mol. The number of carbonyl (C=O) groups excluding carboxylic acids is 1. The van der Waals surface area contributed by atoms with Crippen molar-refractivity contribution in [3.05, 3.63) is 42.4 Å². The van der Waals surface area contributed by atoms with E-state index in [4.69, 9.17) is 8.94 Å². The lowest BCUT2D eigenvalue weighted by Gasteiger charge is -2.32. The lowest BCUT2D eigenvalue weighted by atomic mass is 9.97. The van der Waals surface area contributed by atoms with Crippen molar-refractivity contribution in [3.63, 3.8) is 0 Å². The summed E-state index contributed by atoms with van der Waals surface area (Å²) in [7, 11) is 0. The molecule has 0 radical (unpaired) electrons. The molecule has 0 spiro atoms. The smallest absolute Gasteiger partial charge is 0.230 e. The van der Waals surface area contributed by atoms with Gasteiger partial charge in [0.2, 0.25) is 5.91 Å². The molecule has 1 saturated heterocycles. The first-order valence-electron chi connectivity index (χ1n) is 8.56. The molecule has 0 aliphatic carbocycles. The standard InChI is InChI=1S/C18H19N5O3/c1-12-10-16(22-26-12)19-18(24)13-4-2-8-23(11-13)17-7-6-14(20-21-17)15-5-3-9-25-15/h3,5-7,9-10,13H,2,4,8,11H2,1H3,(H,19,22,24). The Bertz CT molecular complexity index is 873. The van der Waals surface area contributed by atoms with Crippen LogP contribution in [0.3, 0.4) is 0 Å². The number of piperidine rings is 1. The average molecular weight is 353 g/mol. The van der Waals surface area contributed by atoms with Gasteiger partial charge in [-0.2, -0.15) is 0 Å². The van der Waals surface area contributed by atoms with Crippen LogP contribution in [0.4, 0.5) is 11.6 Å². The molecule has 4 rings (SSSR count). The van der Waals surface area contributed by atoms with E-state index in [2.05, 4.69) is 25.6 Å². The van der Waals surface area contributed by atoms with E-state index in [1.165, 1.54) is 0 Å². The largest absolute Gasteiger partial charge is 0.463 e. The molecule has 1 amide bonds. The summed E-state index contributed by atoms with van der Waals surface area (Å²) in [6.45, 7) is 3.23. The predicted molar refractivity (Wildman–Crippen MR) is 94.5 cm³/mol. The molecule has 0 bridgehead atoms.